The molecule has 3 atom stereocenters. The van der Waals surface area contributed by atoms with Crippen molar-refractivity contribution in [2.24, 2.45) is 5.92 Å². The highest BCUT2D eigenvalue weighted by Crippen LogP contribution is 2.36. The molecule has 4 heterocycles. The summed E-state index contributed by atoms with van der Waals surface area (Å²) in [6.45, 7) is 10.3. The van der Waals surface area contributed by atoms with Crippen LogP contribution in [0.4, 0.5) is 11.5 Å². The second kappa shape index (κ2) is 11.4. The SMILES string of the molecule is CCc1cc(NC(=O)C(=O)N2C[C@@H](C)CC[C@@H]2c2ccc3sc([C@@H](C)CN4CCCC4)nc3c2)cnc1N. The van der Waals surface area contributed by atoms with E-state index in [1.165, 1.54) is 36.8 Å². The van der Waals surface area contributed by atoms with Crippen molar-refractivity contribution in [3.05, 3.63) is 46.6 Å². The average molecular weight is 535 g/mol. The predicted molar refractivity (Wildman–Crippen MR) is 153 cm³/mol. The molecular formula is C29H38N6O2S. The molecule has 9 heteroatoms. The highest BCUT2D eigenvalue weighted by molar-refractivity contribution is 7.18. The van der Waals surface area contributed by atoms with E-state index in [0.29, 0.717) is 36.3 Å². The van der Waals surface area contributed by atoms with Crippen molar-refractivity contribution < 1.29 is 9.59 Å². The molecule has 3 N–H and O–H groups in total. The van der Waals surface area contributed by atoms with E-state index in [2.05, 4.69) is 47.2 Å². The molecule has 0 saturated carbocycles. The van der Waals surface area contributed by atoms with E-state index in [4.69, 9.17) is 10.7 Å². The number of rotatable bonds is 6. The number of fused-ring (bicyclic) bond motifs is 1. The van der Waals surface area contributed by atoms with Gasteiger partial charge in [0.25, 0.3) is 0 Å². The molecule has 2 aromatic heterocycles. The number of pyridine rings is 1. The maximum atomic E-state index is 13.4. The van der Waals surface area contributed by atoms with Crippen LogP contribution >= 0.6 is 11.3 Å². The van der Waals surface area contributed by atoms with Gasteiger partial charge in [-0.15, -0.1) is 11.3 Å². The average Bonchev–Trinajstić information content (AvgIpc) is 3.58. The molecule has 2 aliphatic rings. The number of hydrogen-bond acceptors (Lipinski definition) is 7. The van der Waals surface area contributed by atoms with Crippen molar-refractivity contribution in [1.82, 2.24) is 19.8 Å². The number of likely N-dealkylation sites (tertiary alicyclic amines) is 2. The Balaban J connectivity index is 1.34. The predicted octanol–water partition coefficient (Wildman–Crippen LogP) is 4.97. The largest absolute Gasteiger partial charge is 0.383 e. The lowest BCUT2D eigenvalue weighted by Gasteiger charge is -2.38. The highest BCUT2D eigenvalue weighted by Gasteiger charge is 2.34. The molecule has 38 heavy (non-hydrogen) atoms. The van der Waals surface area contributed by atoms with Crippen LogP contribution in [0.15, 0.2) is 30.5 Å². The first-order valence-corrected chi connectivity index (χ1v) is 14.6. The van der Waals surface area contributed by atoms with Crippen molar-refractivity contribution in [2.75, 3.05) is 37.2 Å². The normalized spacial score (nSPS) is 21.1. The lowest BCUT2D eigenvalue weighted by Crippen LogP contribution is -2.46. The zero-order chi connectivity index (χ0) is 26.8. The van der Waals surface area contributed by atoms with E-state index in [1.807, 2.05) is 6.92 Å². The van der Waals surface area contributed by atoms with Gasteiger partial charge in [0, 0.05) is 19.0 Å². The summed E-state index contributed by atoms with van der Waals surface area (Å²) in [4.78, 5) is 39.9. The molecule has 1 aromatic carbocycles. The number of nitrogens with one attached hydrogen (secondary N) is 1. The maximum Gasteiger partial charge on any atom is 0.313 e. The molecule has 5 rings (SSSR count). The third-order valence-corrected chi connectivity index (χ3v) is 9.15. The number of hydrogen-bond donors (Lipinski definition) is 2. The van der Waals surface area contributed by atoms with E-state index in [1.54, 1.807) is 22.3 Å². The first-order chi connectivity index (χ1) is 18.3. The van der Waals surface area contributed by atoms with Crippen molar-refractivity contribution in [2.45, 2.75) is 64.8 Å². The van der Waals surface area contributed by atoms with Gasteiger partial charge in [0.15, 0.2) is 0 Å². The Morgan fingerprint density at radius 1 is 1.21 bits per heavy atom. The van der Waals surface area contributed by atoms with Crippen LogP contribution in [0.3, 0.4) is 0 Å². The van der Waals surface area contributed by atoms with E-state index in [9.17, 15) is 9.59 Å². The maximum absolute atomic E-state index is 13.4. The van der Waals surface area contributed by atoms with Crippen molar-refractivity contribution in [1.29, 1.82) is 0 Å². The zero-order valence-electron chi connectivity index (χ0n) is 22.6. The highest BCUT2D eigenvalue weighted by atomic mass is 32.1. The molecule has 202 valence electrons. The molecular weight excluding hydrogens is 496 g/mol. The van der Waals surface area contributed by atoms with Crippen LogP contribution in [0.25, 0.3) is 10.2 Å². The zero-order valence-corrected chi connectivity index (χ0v) is 23.4. The van der Waals surface area contributed by atoms with Crippen LogP contribution in [0.5, 0.6) is 0 Å². The summed E-state index contributed by atoms with van der Waals surface area (Å²) < 4.78 is 1.17. The Hall–Kier alpha value is -3.04. The van der Waals surface area contributed by atoms with Crippen LogP contribution in [-0.4, -0.2) is 57.8 Å². The fourth-order valence-corrected chi connectivity index (χ4v) is 6.71. The molecule has 2 amide bonds. The topological polar surface area (TPSA) is 104 Å². The minimum atomic E-state index is -0.648. The van der Waals surface area contributed by atoms with E-state index in [-0.39, 0.29) is 6.04 Å². The van der Waals surface area contributed by atoms with Crippen molar-refractivity contribution in [3.63, 3.8) is 0 Å². The number of piperidine rings is 1. The van der Waals surface area contributed by atoms with Gasteiger partial charge in [0.1, 0.15) is 5.82 Å². The molecule has 3 aromatic rings. The summed E-state index contributed by atoms with van der Waals surface area (Å²) >= 11 is 1.76. The molecule has 0 spiro atoms. The number of nitrogen functional groups attached to an aromatic ring is 1. The van der Waals surface area contributed by atoms with Gasteiger partial charge in [-0.1, -0.05) is 26.8 Å². The number of thiazole rings is 1. The summed E-state index contributed by atoms with van der Waals surface area (Å²) in [5.74, 6) is -0.00999. The first kappa shape index (κ1) is 26.6. The monoisotopic (exact) mass is 534 g/mol. The Bertz CT molecular complexity index is 1320. The molecule has 2 aliphatic heterocycles. The van der Waals surface area contributed by atoms with Crippen LogP contribution in [-0.2, 0) is 16.0 Å². The fraction of sp³-hybridized carbons (Fsp3) is 0.517. The summed E-state index contributed by atoms with van der Waals surface area (Å²) in [6.07, 6.45) is 6.59. The van der Waals surface area contributed by atoms with Crippen molar-refractivity contribution in [3.8, 4) is 0 Å². The molecule has 2 fully saturated rings. The van der Waals surface area contributed by atoms with Gasteiger partial charge in [0.2, 0.25) is 0 Å². The second-order valence-corrected chi connectivity index (χ2v) is 12.0. The first-order valence-electron chi connectivity index (χ1n) is 13.8. The lowest BCUT2D eigenvalue weighted by atomic mass is 9.89. The van der Waals surface area contributed by atoms with E-state index in [0.717, 1.165) is 41.0 Å². The summed E-state index contributed by atoms with van der Waals surface area (Å²) in [5, 5.41) is 3.90. The van der Waals surface area contributed by atoms with E-state index >= 15 is 0 Å². The number of carbonyl (C=O) groups is 2. The van der Waals surface area contributed by atoms with Gasteiger partial charge < -0.3 is 20.9 Å². The number of anilines is 2. The summed E-state index contributed by atoms with van der Waals surface area (Å²) in [6, 6.07) is 7.97. The van der Waals surface area contributed by atoms with Crippen LogP contribution < -0.4 is 11.1 Å². The minimum Gasteiger partial charge on any atom is -0.383 e. The molecule has 0 bridgehead atoms. The number of amides is 2. The number of nitrogens with zero attached hydrogens (tertiary/aromatic N) is 4. The summed E-state index contributed by atoms with van der Waals surface area (Å²) in [5.41, 5.74) is 9.23. The van der Waals surface area contributed by atoms with Gasteiger partial charge in [-0.2, -0.15) is 0 Å². The van der Waals surface area contributed by atoms with Crippen LogP contribution in [0.2, 0.25) is 0 Å². The number of aryl methyl sites for hydroxylation is 1. The quantitative estimate of drug-likeness (QED) is 0.433. The Labute approximate surface area is 228 Å². The molecule has 0 radical (unpaired) electrons. The lowest BCUT2D eigenvalue weighted by molar-refractivity contribution is -0.146. The van der Waals surface area contributed by atoms with Gasteiger partial charge in [0.05, 0.1) is 33.2 Å². The van der Waals surface area contributed by atoms with E-state index < -0.39 is 11.8 Å². The van der Waals surface area contributed by atoms with Crippen molar-refractivity contribution >= 4 is 44.9 Å². The van der Waals surface area contributed by atoms with Gasteiger partial charge >= 0.3 is 11.8 Å². The van der Waals surface area contributed by atoms with Gasteiger partial charge in [-0.3, -0.25) is 9.59 Å². The minimum absolute atomic E-state index is 0.156. The third kappa shape index (κ3) is 5.68. The fourth-order valence-electron chi connectivity index (χ4n) is 5.72. The van der Waals surface area contributed by atoms with Crippen LogP contribution in [0, 0.1) is 5.92 Å². The van der Waals surface area contributed by atoms with Gasteiger partial charge in [-0.25, -0.2) is 9.97 Å². The second-order valence-electron chi connectivity index (χ2n) is 10.9. The number of carbonyl (C=O) groups excluding carboxylic acids is 2. The number of aromatic nitrogens is 2. The molecule has 0 unspecified atom stereocenters. The molecule has 2 saturated heterocycles. The number of benzene rings is 1. The summed E-state index contributed by atoms with van der Waals surface area (Å²) in [7, 11) is 0. The third-order valence-electron chi connectivity index (χ3n) is 7.88. The Morgan fingerprint density at radius 2 is 2.00 bits per heavy atom. The number of nitrogens with two attached hydrogens (primary N) is 1. The Morgan fingerprint density at radius 3 is 2.76 bits per heavy atom. The van der Waals surface area contributed by atoms with Gasteiger partial charge in [-0.05, 0) is 80.4 Å². The Kier molecular flexibility index (Phi) is 7.95. The smallest absolute Gasteiger partial charge is 0.313 e. The molecule has 0 aliphatic carbocycles. The standard InChI is InChI=1S/C29H38N6O2S/c1-4-20-13-22(15-31-26(20)30)32-27(36)29(37)35-16-18(2)7-9-24(35)21-8-10-25-23(14-21)33-28(38-25)19(3)17-34-11-5-6-12-34/h8,10,13-15,18-19,24H,4-7,9,11-12,16-17H2,1-3H3,(H2,30,31)(H,32,36)/t18-,19-,24+/m0/s1. The van der Waals surface area contributed by atoms with Crippen LogP contribution in [0.1, 0.15) is 74.5 Å². The molecule has 8 nitrogen and oxygen atoms in total.